The molecule has 1 saturated heterocycles. The van der Waals surface area contributed by atoms with Crippen molar-refractivity contribution in [3.8, 4) is 5.75 Å². The molecule has 29 heavy (non-hydrogen) atoms. The van der Waals surface area contributed by atoms with Crippen LogP contribution in [0.15, 0.2) is 54.6 Å². The molecule has 1 heterocycles. The van der Waals surface area contributed by atoms with Crippen LogP contribution in [0.5, 0.6) is 5.75 Å². The van der Waals surface area contributed by atoms with E-state index in [1.807, 2.05) is 42.5 Å². The van der Waals surface area contributed by atoms with Gasteiger partial charge in [0.1, 0.15) is 11.8 Å². The molecule has 1 amide bonds. The minimum Gasteiger partial charge on any atom is -0.495 e. The summed E-state index contributed by atoms with van der Waals surface area (Å²) in [5, 5.41) is 0. The number of piperazine rings is 1. The molecular weight excluding hydrogens is 390 g/mol. The summed E-state index contributed by atoms with van der Waals surface area (Å²) in [5.74, 6) is 0.593. The number of carbonyl (C=O) groups is 1. The second-order valence-electron chi connectivity index (χ2n) is 7.08. The molecule has 7 nitrogen and oxygen atoms in total. The van der Waals surface area contributed by atoms with Gasteiger partial charge >= 0.3 is 0 Å². The van der Waals surface area contributed by atoms with Gasteiger partial charge in [-0.15, -0.1) is 0 Å². The van der Waals surface area contributed by atoms with Crippen LogP contribution in [0.1, 0.15) is 11.6 Å². The molecule has 156 valence electrons. The Morgan fingerprint density at radius 2 is 1.59 bits per heavy atom. The first-order chi connectivity index (χ1) is 13.8. The Labute approximate surface area is 172 Å². The number of rotatable bonds is 6. The fourth-order valence-electron chi connectivity index (χ4n) is 3.57. The van der Waals surface area contributed by atoms with Crippen LogP contribution in [-0.2, 0) is 14.8 Å². The summed E-state index contributed by atoms with van der Waals surface area (Å²) >= 11 is 0. The van der Waals surface area contributed by atoms with E-state index in [1.54, 1.807) is 24.1 Å². The SMILES string of the molecule is COc1ccccc1N1CCN(C(=O)[C@H](c2ccccc2)N(C)S(C)(=O)=O)CC1. The van der Waals surface area contributed by atoms with Crippen LogP contribution in [0.4, 0.5) is 5.69 Å². The first-order valence-corrected chi connectivity index (χ1v) is 11.3. The number of methoxy groups -OCH3 is 1. The molecule has 3 rings (SSSR count). The fourth-order valence-corrected chi connectivity index (χ4v) is 4.16. The molecule has 0 bridgehead atoms. The molecule has 2 aromatic rings. The molecule has 0 aliphatic carbocycles. The zero-order valence-corrected chi connectivity index (χ0v) is 17.8. The van der Waals surface area contributed by atoms with Gasteiger partial charge in [-0.3, -0.25) is 4.79 Å². The normalized spacial score (nSPS) is 16.0. The quantitative estimate of drug-likeness (QED) is 0.719. The number of nitrogens with zero attached hydrogens (tertiary/aromatic N) is 3. The number of anilines is 1. The molecule has 0 radical (unpaired) electrons. The number of sulfonamides is 1. The van der Waals surface area contributed by atoms with E-state index in [0.29, 0.717) is 31.7 Å². The molecule has 0 N–H and O–H groups in total. The van der Waals surface area contributed by atoms with Gasteiger partial charge in [0.2, 0.25) is 15.9 Å². The topological polar surface area (TPSA) is 70.2 Å². The second kappa shape index (κ2) is 8.84. The highest BCUT2D eigenvalue weighted by atomic mass is 32.2. The minimum absolute atomic E-state index is 0.205. The third kappa shape index (κ3) is 4.71. The number of ether oxygens (including phenoxy) is 1. The van der Waals surface area contributed by atoms with Crippen molar-refractivity contribution in [2.24, 2.45) is 0 Å². The molecule has 2 aromatic carbocycles. The minimum atomic E-state index is -3.54. The Balaban J connectivity index is 1.78. The van der Waals surface area contributed by atoms with E-state index in [9.17, 15) is 13.2 Å². The van der Waals surface area contributed by atoms with Crippen molar-refractivity contribution in [1.82, 2.24) is 9.21 Å². The highest BCUT2D eigenvalue weighted by molar-refractivity contribution is 7.88. The molecule has 8 heteroatoms. The van der Waals surface area contributed by atoms with Crippen molar-refractivity contribution in [2.75, 3.05) is 51.5 Å². The van der Waals surface area contributed by atoms with E-state index >= 15 is 0 Å². The van der Waals surface area contributed by atoms with E-state index in [1.165, 1.54) is 7.05 Å². The Morgan fingerprint density at radius 3 is 2.17 bits per heavy atom. The number of hydrogen-bond acceptors (Lipinski definition) is 5. The molecule has 0 unspecified atom stereocenters. The third-order valence-electron chi connectivity index (χ3n) is 5.25. The maximum absolute atomic E-state index is 13.3. The summed E-state index contributed by atoms with van der Waals surface area (Å²) in [6.07, 6.45) is 1.12. The lowest BCUT2D eigenvalue weighted by Gasteiger charge is -2.39. The Bertz CT molecular complexity index is 941. The van der Waals surface area contributed by atoms with Crippen LogP contribution < -0.4 is 9.64 Å². The molecule has 1 aliphatic rings. The van der Waals surface area contributed by atoms with Crippen LogP contribution in [-0.4, -0.2) is 70.1 Å². The lowest BCUT2D eigenvalue weighted by atomic mass is 10.1. The second-order valence-corrected chi connectivity index (χ2v) is 9.12. The van der Waals surface area contributed by atoms with Gasteiger partial charge < -0.3 is 14.5 Å². The van der Waals surface area contributed by atoms with E-state index in [-0.39, 0.29) is 5.91 Å². The number of hydrogen-bond donors (Lipinski definition) is 0. The Morgan fingerprint density at radius 1 is 1.00 bits per heavy atom. The van der Waals surface area contributed by atoms with E-state index in [0.717, 1.165) is 22.0 Å². The predicted octanol–water partition coefficient (Wildman–Crippen LogP) is 1.98. The third-order valence-corrected chi connectivity index (χ3v) is 6.51. The summed E-state index contributed by atoms with van der Waals surface area (Å²) in [7, 11) is -0.440. The lowest BCUT2D eigenvalue weighted by Crippen LogP contribution is -2.52. The van der Waals surface area contributed by atoms with Gasteiger partial charge in [-0.1, -0.05) is 42.5 Å². The highest BCUT2D eigenvalue weighted by Crippen LogP contribution is 2.30. The molecule has 0 saturated carbocycles. The fraction of sp³-hybridized carbons (Fsp3) is 0.381. The molecule has 1 fully saturated rings. The summed E-state index contributed by atoms with van der Waals surface area (Å²) < 4.78 is 30.9. The standard InChI is InChI=1S/C21H27N3O4S/c1-22(29(3,26)27)20(17-9-5-4-6-10-17)21(25)24-15-13-23(14-16-24)18-11-7-8-12-19(18)28-2/h4-12,20H,13-16H2,1-3H3/t20-/m0/s1. The average molecular weight is 418 g/mol. The van der Waals surface area contributed by atoms with Gasteiger partial charge in [0, 0.05) is 33.2 Å². The molecule has 1 atom stereocenters. The van der Waals surface area contributed by atoms with Gasteiger partial charge in [0.25, 0.3) is 0 Å². The van der Waals surface area contributed by atoms with Gasteiger partial charge in [0.05, 0.1) is 19.1 Å². The van der Waals surface area contributed by atoms with E-state index in [2.05, 4.69) is 4.90 Å². The van der Waals surface area contributed by atoms with Gasteiger partial charge in [0.15, 0.2) is 0 Å². The summed E-state index contributed by atoms with van der Waals surface area (Å²) in [6.45, 7) is 2.32. The van der Waals surface area contributed by atoms with Gasteiger partial charge in [-0.25, -0.2) is 8.42 Å². The zero-order valence-electron chi connectivity index (χ0n) is 17.0. The maximum atomic E-state index is 13.3. The molecule has 0 aromatic heterocycles. The maximum Gasteiger partial charge on any atom is 0.245 e. The Kier molecular flexibility index (Phi) is 6.44. The summed E-state index contributed by atoms with van der Waals surface area (Å²) in [4.78, 5) is 17.3. The van der Waals surface area contributed by atoms with Crippen molar-refractivity contribution in [1.29, 1.82) is 0 Å². The first kappa shape index (κ1) is 21.1. The number of carbonyl (C=O) groups excluding carboxylic acids is 1. The zero-order chi connectivity index (χ0) is 21.0. The summed E-state index contributed by atoms with van der Waals surface area (Å²) in [5.41, 5.74) is 1.66. The van der Waals surface area contributed by atoms with Crippen molar-refractivity contribution in [3.63, 3.8) is 0 Å². The highest BCUT2D eigenvalue weighted by Gasteiger charge is 2.35. The largest absolute Gasteiger partial charge is 0.495 e. The van der Waals surface area contributed by atoms with Crippen molar-refractivity contribution in [3.05, 3.63) is 60.2 Å². The first-order valence-electron chi connectivity index (χ1n) is 9.47. The lowest BCUT2D eigenvalue weighted by molar-refractivity contribution is -0.135. The monoisotopic (exact) mass is 417 g/mol. The molecule has 0 spiro atoms. The van der Waals surface area contributed by atoms with Crippen LogP contribution in [0, 0.1) is 0 Å². The summed E-state index contributed by atoms with van der Waals surface area (Å²) in [6, 6.07) is 16.0. The Hall–Kier alpha value is -2.58. The molecule has 1 aliphatic heterocycles. The van der Waals surface area contributed by atoms with Gasteiger partial charge in [-0.2, -0.15) is 4.31 Å². The van der Waals surface area contributed by atoms with Crippen LogP contribution in [0.25, 0.3) is 0 Å². The van der Waals surface area contributed by atoms with Crippen LogP contribution in [0.2, 0.25) is 0 Å². The van der Waals surface area contributed by atoms with Crippen LogP contribution >= 0.6 is 0 Å². The number of benzene rings is 2. The molecular formula is C21H27N3O4S. The van der Waals surface area contributed by atoms with Crippen molar-refractivity contribution in [2.45, 2.75) is 6.04 Å². The number of likely N-dealkylation sites (N-methyl/N-ethyl adjacent to an activating group) is 1. The van der Waals surface area contributed by atoms with Crippen LogP contribution in [0.3, 0.4) is 0 Å². The van der Waals surface area contributed by atoms with E-state index in [4.69, 9.17) is 4.74 Å². The number of amides is 1. The van der Waals surface area contributed by atoms with Crippen molar-refractivity contribution < 1.29 is 17.9 Å². The predicted molar refractivity (Wildman–Crippen MR) is 114 cm³/mol. The average Bonchev–Trinajstić information content (AvgIpc) is 2.74. The van der Waals surface area contributed by atoms with Gasteiger partial charge in [-0.05, 0) is 17.7 Å². The number of para-hydroxylation sites is 2. The smallest absolute Gasteiger partial charge is 0.245 e. The van der Waals surface area contributed by atoms with Crippen molar-refractivity contribution >= 4 is 21.6 Å². The van der Waals surface area contributed by atoms with E-state index < -0.39 is 16.1 Å².